The summed E-state index contributed by atoms with van der Waals surface area (Å²) in [6, 6.07) is 10.6. The van der Waals surface area contributed by atoms with E-state index in [4.69, 9.17) is 10.5 Å². The van der Waals surface area contributed by atoms with Crippen molar-refractivity contribution in [1.29, 1.82) is 0 Å². The molecule has 0 amide bonds. The monoisotopic (exact) mass is 275 g/mol. The summed E-state index contributed by atoms with van der Waals surface area (Å²) >= 11 is 0. The number of hydrogen-bond donors (Lipinski definition) is 1. The maximum Gasteiger partial charge on any atom is 0.130 e. The predicted molar refractivity (Wildman–Crippen MR) is 72.1 cm³/mol. The second-order valence-electron chi connectivity index (χ2n) is 4.93. The van der Waals surface area contributed by atoms with Crippen molar-refractivity contribution >= 4 is 0 Å². The molecule has 2 unspecified atom stereocenters. The molecule has 1 aliphatic heterocycles. The highest BCUT2D eigenvalue weighted by atomic mass is 19.1. The van der Waals surface area contributed by atoms with Crippen molar-refractivity contribution in [3.8, 4) is 0 Å². The Kier molecular flexibility index (Phi) is 3.51. The van der Waals surface area contributed by atoms with Crippen LogP contribution >= 0.6 is 0 Å². The predicted octanol–water partition coefficient (Wildman–Crippen LogP) is 3.28. The van der Waals surface area contributed by atoms with E-state index in [0.717, 1.165) is 18.1 Å². The third-order valence-electron chi connectivity index (χ3n) is 3.68. The highest BCUT2D eigenvalue weighted by molar-refractivity contribution is 5.34. The van der Waals surface area contributed by atoms with Crippen LogP contribution in [0.3, 0.4) is 0 Å². The molecule has 0 fully saturated rings. The molecule has 4 heteroatoms. The van der Waals surface area contributed by atoms with Crippen LogP contribution in [0.5, 0.6) is 0 Å². The third-order valence-corrected chi connectivity index (χ3v) is 3.68. The number of halogens is 2. The Hall–Kier alpha value is -1.78. The maximum absolute atomic E-state index is 13.9. The van der Waals surface area contributed by atoms with Crippen LogP contribution in [0, 0.1) is 11.6 Å². The van der Waals surface area contributed by atoms with Gasteiger partial charge in [0.15, 0.2) is 0 Å². The van der Waals surface area contributed by atoms with E-state index < -0.39 is 23.8 Å². The summed E-state index contributed by atoms with van der Waals surface area (Å²) in [5, 5.41) is 0. The van der Waals surface area contributed by atoms with Crippen LogP contribution in [-0.4, -0.2) is 6.61 Å². The lowest BCUT2D eigenvalue weighted by Gasteiger charge is -2.30. The van der Waals surface area contributed by atoms with E-state index in [1.54, 1.807) is 0 Å². The molecule has 0 spiro atoms. The van der Waals surface area contributed by atoms with Gasteiger partial charge in [0.2, 0.25) is 0 Å². The summed E-state index contributed by atoms with van der Waals surface area (Å²) in [6.45, 7) is 0.554. The summed E-state index contributed by atoms with van der Waals surface area (Å²) in [6.07, 6.45) is 0.422. The van der Waals surface area contributed by atoms with Gasteiger partial charge in [0.25, 0.3) is 0 Å². The van der Waals surface area contributed by atoms with E-state index >= 15 is 0 Å². The number of ether oxygens (including phenoxy) is 1. The molecule has 0 saturated carbocycles. The molecule has 1 aliphatic rings. The molecular weight excluding hydrogens is 260 g/mol. The Labute approximate surface area is 116 Å². The van der Waals surface area contributed by atoms with Crippen LogP contribution in [0.4, 0.5) is 8.78 Å². The average Bonchev–Trinajstić information content (AvgIpc) is 2.46. The molecule has 0 radical (unpaired) electrons. The molecule has 2 aromatic carbocycles. The van der Waals surface area contributed by atoms with Gasteiger partial charge in [-0.1, -0.05) is 30.3 Å². The number of fused-ring (bicyclic) bond motifs is 1. The largest absolute Gasteiger partial charge is 0.371 e. The van der Waals surface area contributed by atoms with Crippen molar-refractivity contribution in [2.75, 3.05) is 6.61 Å². The normalized spacial score (nSPS) is 19.4. The molecule has 2 aromatic rings. The Morgan fingerprint density at radius 2 is 1.95 bits per heavy atom. The first-order chi connectivity index (χ1) is 9.66. The molecular formula is C16H15F2NO. The number of rotatable bonds is 2. The Morgan fingerprint density at radius 3 is 2.75 bits per heavy atom. The van der Waals surface area contributed by atoms with Gasteiger partial charge in [0, 0.05) is 11.6 Å². The van der Waals surface area contributed by atoms with Crippen molar-refractivity contribution in [3.63, 3.8) is 0 Å². The molecule has 1 heterocycles. The van der Waals surface area contributed by atoms with E-state index in [9.17, 15) is 8.78 Å². The zero-order valence-electron chi connectivity index (χ0n) is 10.9. The van der Waals surface area contributed by atoms with Gasteiger partial charge in [-0.2, -0.15) is 0 Å². The van der Waals surface area contributed by atoms with Gasteiger partial charge < -0.3 is 10.5 Å². The number of benzene rings is 2. The quantitative estimate of drug-likeness (QED) is 0.913. The van der Waals surface area contributed by atoms with Crippen molar-refractivity contribution in [3.05, 3.63) is 70.8 Å². The van der Waals surface area contributed by atoms with Gasteiger partial charge in [-0.3, -0.25) is 0 Å². The lowest BCUT2D eigenvalue weighted by Crippen LogP contribution is -2.27. The topological polar surface area (TPSA) is 35.2 Å². The fraction of sp³-hybridized carbons (Fsp3) is 0.250. The summed E-state index contributed by atoms with van der Waals surface area (Å²) in [5.41, 5.74) is 8.57. The van der Waals surface area contributed by atoms with E-state index in [1.807, 2.05) is 24.3 Å². The Morgan fingerprint density at radius 1 is 1.15 bits per heavy atom. The summed E-state index contributed by atoms with van der Waals surface area (Å²) < 4.78 is 32.6. The van der Waals surface area contributed by atoms with Crippen LogP contribution in [-0.2, 0) is 11.2 Å². The van der Waals surface area contributed by atoms with Crippen LogP contribution in [0.15, 0.2) is 42.5 Å². The van der Waals surface area contributed by atoms with Crippen molar-refractivity contribution in [2.45, 2.75) is 18.6 Å². The van der Waals surface area contributed by atoms with Gasteiger partial charge in [-0.05, 0) is 23.6 Å². The summed E-state index contributed by atoms with van der Waals surface area (Å²) in [7, 11) is 0. The van der Waals surface area contributed by atoms with E-state index in [0.29, 0.717) is 6.61 Å². The van der Waals surface area contributed by atoms with Gasteiger partial charge >= 0.3 is 0 Å². The highest BCUT2D eigenvalue weighted by Gasteiger charge is 2.29. The molecule has 2 nitrogen and oxygen atoms in total. The summed E-state index contributed by atoms with van der Waals surface area (Å²) in [4.78, 5) is 0. The minimum Gasteiger partial charge on any atom is -0.371 e. The lowest BCUT2D eigenvalue weighted by atomic mass is 9.90. The smallest absolute Gasteiger partial charge is 0.130 e. The third kappa shape index (κ3) is 2.32. The first-order valence-corrected chi connectivity index (χ1v) is 6.57. The molecule has 0 saturated heterocycles. The maximum atomic E-state index is 13.9. The first kappa shape index (κ1) is 13.2. The molecule has 0 aromatic heterocycles. The molecule has 20 heavy (non-hydrogen) atoms. The SMILES string of the molecule is NC(c1ccc(F)cc1F)C1OCCc2ccccc21. The minimum atomic E-state index is -0.656. The average molecular weight is 275 g/mol. The molecule has 2 atom stereocenters. The first-order valence-electron chi connectivity index (χ1n) is 6.57. The van der Waals surface area contributed by atoms with Gasteiger partial charge in [-0.25, -0.2) is 8.78 Å². The number of nitrogens with two attached hydrogens (primary N) is 1. The van der Waals surface area contributed by atoms with Crippen molar-refractivity contribution in [2.24, 2.45) is 5.73 Å². The number of hydrogen-bond acceptors (Lipinski definition) is 2. The molecule has 0 bridgehead atoms. The van der Waals surface area contributed by atoms with E-state index in [2.05, 4.69) is 0 Å². The van der Waals surface area contributed by atoms with Gasteiger partial charge in [0.05, 0.1) is 12.6 Å². The molecule has 0 aliphatic carbocycles. The van der Waals surface area contributed by atoms with Crippen LogP contribution in [0.1, 0.15) is 28.8 Å². The zero-order valence-corrected chi connectivity index (χ0v) is 10.9. The van der Waals surface area contributed by atoms with Crippen molar-refractivity contribution in [1.82, 2.24) is 0 Å². The standard InChI is InChI=1S/C16H15F2NO/c17-11-5-6-13(14(18)9-11)15(19)16-12-4-2-1-3-10(12)7-8-20-16/h1-6,9,15-16H,7-8,19H2. The van der Waals surface area contributed by atoms with Crippen LogP contribution < -0.4 is 5.73 Å². The lowest BCUT2D eigenvalue weighted by molar-refractivity contribution is 0.0233. The zero-order chi connectivity index (χ0) is 14.1. The molecule has 104 valence electrons. The minimum absolute atomic E-state index is 0.271. The van der Waals surface area contributed by atoms with Gasteiger partial charge in [0.1, 0.15) is 17.7 Å². The van der Waals surface area contributed by atoms with Crippen LogP contribution in [0.2, 0.25) is 0 Å². The fourth-order valence-electron chi connectivity index (χ4n) is 2.66. The van der Waals surface area contributed by atoms with E-state index in [-0.39, 0.29) is 5.56 Å². The second kappa shape index (κ2) is 5.31. The summed E-state index contributed by atoms with van der Waals surface area (Å²) in [5.74, 6) is -1.24. The Balaban J connectivity index is 1.97. The van der Waals surface area contributed by atoms with Crippen molar-refractivity contribution < 1.29 is 13.5 Å². The molecule has 2 N–H and O–H groups in total. The Bertz CT molecular complexity index is 630. The second-order valence-corrected chi connectivity index (χ2v) is 4.93. The van der Waals surface area contributed by atoms with Gasteiger partial charge in [-0.15, -0.1) is 0 Å². The highest BCUT2D eigenvalue weighted by Crippen LogP contribution is 2.36. The fourth-order valence-corrected chi connectivity index (χ4v) is 2.66. The molecule has 3 rings (SSSR count). The van der Waals surface area contributed by atoms with E-state index in [1.165, 1.54) is 17.7 Å². The van der Waals surface area contributed by atoms with Crippen LogP contribution in [0.25, 0.3) is 0 Å².